The quantitative estimate of drug-likeness (QED) is 0.659. The molecule has 0 spiro atoms. The molecule has 2 aromatic rings. The van der Waals surface area contributed by atoms with E-state index in [1.807, 2.05) is 13.8 Å². The lowest BCUT2D eigenvalue weighted by atomic mass is 9.99. The maximum Gasteiger partial charge on any atom is 0.323 e. The molecule has 1 aromatic carbocycles. The first kappa shape index (κ1) is 19.6. The van der Waals surface area contributed by atoms with E-state index in [1.54, 1.807) is 11.0 Å². The molecule has 3 rings (SSSR count). The molecule has 9 nitrogen and oxygen atoms in total. The van der Waals surface area contributed by atoms with Gasteiger partial charge in [0.2, 0.25) is 15.9 Å². The Hall–Kier alpha value is -2.17. The highest BCUT2D eigenvalue weighted by molar-refractivity contribution is 7.89. The molecule has 1 saturated heterocycles. The number of hydrogen-bond donors (Lipinski definition) is 3. The molecule has 1 aromatic heterocycles. The van der Waals surface area contributed by atoms with Gasteiger partial charge in [0.25, 0.3) is 0 Å². The van der Waals surface area contributed by atoms with Gasteiger partial charge in [-0.05, 0) is 24.1 Å². The zero-order chi connectivity index (χ0) is 19.8. The van der Waals surface area contributed by atoms with E-state index in [-0.39, 0.29) is 35.5 Å². The monoisotopic (exact) mass is 395 g/mol. The predicted molar refractivity (Wildman–Crippen MR) is 102 cm³/mol. The van der Waals surface area contributed by atoms with Gasteiger partial charge in [-0.2, -0.15) is 4.31 Å². The van der Waals surface area contributed by atoms with Gasteiger partial charge in [0, 0.05) is 26.2 Å². The Kier molecular flexibility index (Phi) is 5.41. The number of carbonyl (C=O) groups excluding carboxylic acids is 1. The number of H-pyrrole nitrogens is 2. The van der Waals surface area contributed by atoms with Crippen molar-refractivity contribution in [1.29, 1.82) is 0 Å². The summed E-state index contributed by atoms with van der Waals surface area (Å²) in [5, 5.41) is 0. The number of hydrogen-bond acceptors (Lipinski definition) is 5. The smallest absolute Gasteiger partial charge is 0.323 e. The molecule has 1 aliphatic rings. The Morgan fingerprint density at radius 3 is 2.44 bits per heavy atom. The number of sulfonamides is 1. The Morgan fingerprint density at radius 2 is 1.81 bits per heavy atom. The van der Waals surface area contributed by atoms with Gasteiger partial charge in [0.05, 0.1) is 22.0 Å². The van der Waals surface area contributed by atoms with Crippen molar-refractivity contribution in [3.8, 4) is 0 Å². The minimum Gasteiger partial charge on any atom is -0.339 e. The highest BCUT2D eigenvalue weighted by Gasteiger charge is 2.32. The third kappa shape index (κ3) is 3.78. The van der Waals surface area contributed by atoms with E-state index in [1.165, 1.54) is 16.4 Å². The van der Waals surface area contributed by atoms with Crippen LogP contribution in [0.1, 0.15) is 20.3 Å². The first-order valence-electron chi connectivity index (χ1n) is 9.00. The van der Waals surface area contributed by atoms with Crippen molar-refractivity contribution in [3.63, 3.8) is 0 Å². The number of piperazine rings is 1. The summed E-state index contributed by atoms with van der Waals surface area (Å²) in [6, 6.07) is 3.91. The van der Waals surface area contributed by atoms with Crippen molar-refractivity contribution in [2.45, 2.75) is 31.2 Å². The molecule has 0 radical (unpaired) electrons. The van der Waals surface area contributed by atoms with E-state index in [0.717, 1.165) is 6.42 Å². The van der Waals surface area contributed by atoms with Gasteiger partial charge in [0.15, 0.2) is 0 Å². The molecule has 2 unspecified atom stereocenters. The second-order valence-corrected chi connectivity index (χ2v) is 8.87. The van der Waals surface area contributed by atoms with E-state index in [4.69, 9.17) is 5.73 Å². The molecular weight excluding hydrogens is 370 g/mol. The zero-order valence-electron chi connectivity index (χ0n) is 15.4. The standard InChI is InChI=1S/C17H25N5O4S/c1-3-11(2)15(18)16(23)21-6-8-22(9-7-21)27(25,26)12-4-5-13-14(10-12)20-17(24)19-13/h4-5,10-11,15H,3,6-9,18H2,1-2H3,(H2,19,20,24). The molecular formula is C17H25N5O4S. The third-order valence-electron chi connectivity index (χ3n) is 5.22. The Bertz CT molecular complexity index is 988. The number of aromatic amines is 2. The van der Waals surface area contributed by atoms with E-state index in [0.29, 0.717) is 24.1 Å². The van der Waals surface area contributed by atoms with Crippen LogP contribution in [0.25, 0.3) is 11.0 Å². The number of nitrogens with two attached hydrogens (primary N) is 1. The summed E-state index contributed by atoms with van der Waals surface area (Å²) >= 11 is 0. The van der Waals surface area contributed by atoms with Crippen LogP contribution in [0.2, 0.25) is 0 Å². The van der Waals surface area contributed by atoms with Crippen LogP contribution in [0.15, 0.2) is 27.9 Å². The average Bonchev–Trinajstić information content (AvgIpc) is 3.05. The normalized spacial score (nSPS) is 18.6. The lowest BCUT2D eigenvalue weighted by molar-refractivity contribution is -0.134. The lowest BCUT2D eigenvalue weighted by Gasteiger charge is -2.36. The topological polar surface area (TPSA) is 132 Å². The number of nitrogens with one attached hydrogen (secondary N) is 2. The molecule has 27 heavy (non-hydrogen) atoms. The minimum atomic E-state index is -3.71. The van der Waals surface area contributed by atoms with Crippen LogP contribution in [-0.4, -0.2) is 65.7 Å². The summed E-state index contributed by atoms with van der Waals surface area (Å²) in [5.41, 5.74) is 6.62. The molecule has 1 aliphatic heterocycles. The van der Waals surface area contributed by atoms with Gasteiger partial charge in [-0.25, -0.2) is 13.2 Å². The molecule has 0 saturated carbocycles. The molecule has 2 atom stereocenters. The lowest BCUT2D eigenvalue weighted by Crippen LogP contribution is -2.55. The number of amides is 1. The third-order valence-corrected chi connectivity index (χ3v) is 7.11. The van der Waals surface area contributed by atoms with Gasteiger partial charge in [-0.3, -0.25) is 4.79 Å². The summed E-state index contributed by atoms with van der Waals surface area (Å²) in [7, 11) is -3.71. The largest absolute Gasteiger partial charge is 0.339 e. The van der Waals surface area contributed by atoms with Crippen LogP contribution in [0.4, 0.5) is 0 Å². The summed E-state index contributed by atoms with van der Waals surface area (Å²) in [6.45, 7) is 4.96. The van der Waals surface area contributed by atoms with Crippen molar-refractivity contribution < 1.29 is 13.2 Å². The van der Waals surface area contributed by atoms with Crippen molar-refractivity contribution in [2.24, 2.45) is 11.7 Å². The van der Waals surface area contributed by atoms with Crippen LogP contribution in [-0.2, 0) is 14.8 Å². The highest BCUT2D eigenvalue weighted by Crippen LogP contribution is 2.21. The van der Waals surface area contributed by atoms with Gasteiger partial charge in [-0.1, -0.05) is 20.3 Å². The van der Waals surface area contributed by atoms with Crippen molar-refractivity contribution >= 4 is 27.0 Å². The number of imidazole rings is 1. The number of rotatable bonds is 5. The fourth-order valence-electron chi connectivity index (χ4n) is 3.18. The molecule has 148 valence electrons. The first-order valence-corrected chi connectivity index (χ1v) is 10.4. The fraction of sp³-hybridized carbons (Fsp3) is 0.529. The first-order chi connectivity index (χ1) is 12.7. The maximum atomic E-state index is 12.9. The van der Waals surface area contributed by atoms with Crippen LogP contribution in [0.3, 0.4) is 0 Å². The van der Waals surface area contributed by atoms with E-state index in [9.17, 15) is 18.0 Å². The molecule has 4 N–H and O–H groups in total. The molecule has 1 amide bonds. The van der Waals surface area contributed by atoms with E-state index >= 15 is 0 Å². The van der Waals surface area contributed by atoms with Gasteiger partial charge >= 0.3 is 5.69 Å². The maximum absolute atomic E-state index is 12.9. The molecule has 2 heterocycles. The van der Waals surface area contributed by atoms with Gasteiger partial charge in [-0.15, -0.1) is 0 Å². The number of fused-ring (bicyclic) bond motifs is 1. The Balaban J connectivity index is 1.72. The molecule has 10 heteroatoms. The van der Waals surface area contributed by atoms with Crippen molar-refractivity contribution in [1.82, 2.24) is 19.2 Å². The molecule has 0 aliphatic carbocycles. The van der Waals surface area contributed by atoms with Gasteiger partial charge < -0.3 is 20.6 Å². The van der Waals surface area contributed by atoms with E-state index < -0.39 is 16.1 Å². The Labute approximate surface area is 157 Å². The number of carbonyl (C=O) groups is 1. The second kappa shape index (κ2) is 7.45. The fourth-order valence-corrected chi connectivity index (χ4v) is 4.63. The molecule has 0 bridgehead atoms. The zero-order valence-corrected chi connectivity index (χ0v) is 16.3. The summed E-state index contributed by atoms with van der Waals surface area (Å²) in [6.07, 6.45) is 0.810. The number of aromatic nitrogens is 2. The Morgan fingerprint density at radius 1 is 1.19 bits per heavy atom. The molecule has 1 fully saturated rings. The highest BCUT2D eigenvalue weighted by atomic mass is 32.2. The second-order valence-electron chi connectivity index (χ2n) is 6.93. The number of benzene rings is 1. The summed E-state index contributed by atoms with van der Waals surface area (Å²) in [5.74, 6) is -0.0535. The van der Waals surface area contributed by atoms with Gasteiger partial charge in [0.1, 0.15) is 0 Å². The number of nitrogens with zero attached hydrogens (tertiary/aromatic N) is 2. The summed E-state index contributed by atoms with van der Waals surface area (Å²) < 4.78 is 27.2. The van der Waals surface area contributed by atoms with Crippen molar-refractivity contribution in [3.05, 3.63) is 28.7 Å². The van der Waals surface area contributed by atoms with Crippen LogP contribution >= 0.6 is 0 Å². The van der Waals surface area contributed by atoms with Crippen LogP contribution in [0.5, 0.6) is 0 Å². The SMILES string of the molecule is CCC(C)C(N)C(=O)N1CCN(S(=O)(=O)c2ccc3[nH]c(=O)[nH]c3c2)CC1. The van der Waals surface area contributed by atoms with Crippen molar-refractivity contribution in [2.75, 3.05) is 26.2 Å². The van der Waals surface area contributed by atoms with E-state index in [2.05, 4.69) is 9.97 Å². The summed E-state index contributed by atoms with van der Waals surface area (Å²) in [4.78, 5) is 30.7. The minimum absolute atomic E-state index is 0.0782. The predicted octanol–water partition coefficient (Wildman–Crippen LogP) is 0.0625. The van der Waals surface area contributed by atoms with Crippen LogP contribution < -0.4 is 11.4 Å². The average molecular weight is 395 g/mol. The van der Waals surface area contributed by atoms with Crippen LogP contribution in [0, 0.1) is 5.92 Å².